The van der Waals surface area contributed by atoms with Crippen LogP contribution in [0.5, 0.6) is 0 Å². The van der Waals surface area contributed by atoms with Crippen LogP contribution in [0.15, 0.2) is 45.4 Å². The Balaban J connectivity index is 2.10. The van der Waals surface area contributed by atoms with Crippen LogP contribution in [-0.4, -0.2) is 9.97 Å². The monoisotopic (exact) mass is 303 g/mol. The zero-order valence-electron chi connectivity index (χ0n) is 9.43. The number of aromatic nitrogens is 2. The van der Waals surface area contributed by atoms with Crippen LogP contribution >= 0.6 is 15.9 Å². The van der Waals surface area contributed by atoms with E-state index in [1.54, 1.807) is 6.20 Å². The van der Waals surface area contributed by atoms with E-state index in [9.17, 15) is 0 Å². The van der Waals surface area contributed by atoms with Gasteiger partial charge in [-0.1, -0.05) is 12.1 Å². The van der Waals surface area contributed by atoms with Gasteiger partial charge in [0, 0.05) is 12.7 Å². The summed E-state index contributed by atoms with van der Waals surface area (Å²) in [6.07, 6.45) is 1.74. The fraction of sp³-hybridized carbons (Fsp3) is 0.0769. The number of benzene rings is 1. The first kappa shape index (κ1) is 11.4. The van der Waals surface area contributed by atoms with Gasteiger partial charge in [-0.15, -0.1) is 0 Å². The highest BCUT2D eigenvalue weighted by Gasteiger charge is 2.11. The van der Waals surface area contributed by atoms with E-state index in [-0.39, 0.29) is 0 Å². The summed E-state index contributed by atoms with van der Waals surface area (Å²) < 4.78 is 6.59. The first-order chi connectivity index (χ1) is 8.78. The molecule has 4 nitrogen and oxygen atoms in total. The number of hydrogen-bond donors (Lipinski definition) is 1. The minimum Gasteiger partial charge on any atom is -0.433 e. The third kappa shape index (κ3) is 1.91. The summed E-state index contributed by atoms with van der Waals surface area (Å²) in [4.78, 5) is 8.70. The Morgan fingerprint density at radius 3 is 2.78 bits per heavy atom. The van der Waals surface area contributed by atoms with Crippen LogP contribution < -0.4 is 5.73 Å². The number of nitrogens with zero attached hydrogens (tertiary/aromatic N) is 2. The van der Waals surface area contributed by atoms with Gasteiger partial charge in [-0.25, -0.2) is 4.98 Å². The van der Waals surface area contributed by atoms with Crippen molar-refractivity contribution in [3.8, 4) is 11.6 Å². The predicted molar refractivity (Wildman–Crippen MR) is 72.8 cm³/mol. The maximum absolute atomic E-state index is 5.71. The summed E-state index contributed by atoms with van der Waals surface area (Å²) in [5.74, 6) is 0.514. The summed E-state index contributed by atoms with van der Waals surface area (Å²) in [6, 6.07) is 9.53. The second kappa shape index (κ2) is 4.51. The Hall–Kier alpha value is -1.72. The second-order valence-corrected chi connectivity index (χ2v) is 4.72. The van der Waals surface area contributed by atoms with Gasteiger partial charge < -0.3 is 10.2 Å². The van der Waals surface area contributed by atoms with Crippen LogP contribution in [0.25, 0.3) is 22.7 Å². The van der Waals surface area contributed by atoms with Crippen molar-refractivity contribution in [2.45, 2.75) is 6.54 Å². The van der Waals surface area contributed by atoms with E-state index in [1.807, 2.05) is 30.3 Å². The van der Waals surface area contributed by atoms with Gasteiger partial charge in [-0.2, -0.15) is 0 Å². The number of halogens is 1. The van der Waals surface area contributed by atoms with E-state index in [0.717, 1.165) is 21.1 Å². The van der Waals surface area contributed by atoms with Crippen molar-refractivity contribution in [1.29, 1.82) is 0 Å². The smallest absolute Gasteiger partial charge is 0.246 e. The molecule has 0 saturated heterocycles. The predicted octanol–water partition coefficient (Wildman–Crippen LogP) is 3.11. The van der Waals surface area contributed by atoms with Crippen molar-refractivity contribution in [1.82, 2.24) is 9.97 Å². The lowest BCUT2D eigenvalue weighted by Gasteiger charge is -1.96. The van der Waals surface area contributed by atoms with Crippen molar-refractivity contribution in [2.24, 2.45) is 5.73 Å². The number of nitrogens with two attached hydrogens (primary N) is 1. The lowest BCUT2D eigenvalue weighted by atomic mass is 10.2. The third-order valence-electron chi connectivity index (χ3n) is 2.65. The van der Waals surface area contributed by atoms with Crippen LogP contribution in [0.1, 0.15) is 5.56 Å². The second-order valence-electron chi connectivity index (χ2n) is 3.86. The highest BCUT2D eigenvalue weighted by Crippen LogP contribution is 2.28. The maximum Gasteiger partial charge on any atom is 0.246 e. The molecule has 0 aliphatic heterocycles. The van der Waals surface area contributed by atoms with Crippen LogP contribution in [0.2, 0.25) is 0 Å². The number of hydrogen-bond acceptors (Lipinski definition) is 4. The molecule has 18 heavy (non-hydrogen) atoms. The van der Waals surface area contributed by atoms with Gasteiger partial charge in [-0.3, -0.25) is 4.98 Å². The van der Waals surface area contributed by atoms with Gasteiger partial charge in [0.25, 0.3) is 0 Å². The van der Waals surface area contributed by atoms with Crippen molar-refractivity contribution in [2.75, 3.05) is 0 Å². The minimum atomic E-state index is 0.479. The molecule has 0 bridgehead atoms. The Bertz CT molecular complexity index is 691. The lowest BCUT2D eigenvalue weighted by molar-refractivity contribution is 0.615. The van der Waals surface area contributed by atoms with Crippen LogP contribution in [-0.2, 0) is 6.54 Å². The Kier molecular flexibility index (Phi) is 2.85. The van der Waals surface area contributed by atoms with E-state index in [0.29, 0.717) is 18.1 Å². The molecule has 0 aliphatic rings. The third-order valence-corrected chi connectivity index (χ3v) is 3.27. The van der Waals surface area contributed by atoms with Gasteiger partial charge >= 0.3 is 0 Å². The first-order valence-electron chi connectivity index (χ1n) is 5.48. The van der Waals surface area contributed by atoms with Crippen molar-refractivity contribution < 1.29 is 4.42 Å². The molecule has 3 aromatic rings. The van der Waals surface area contributed by atoms with Crippen LogP contribution in [0, 0.1) is 0 Å². The van der Waals surface area contributed by atoms with Crippen LogP contribution in [0.3, 0.4) is 0 Å². The Morgan fingerprint density at radius 1 is 1.22 bits per heavy atom. The van der Waals surface area contributed by atoms with Crippen molar-refractivity contribution in [3.63, 3.8) is 0 Å². The SMILES string of the molecule is NCc1ccc(-c2nc3cccc(Br)c3o2)nc1. The molecule has 2 aromatic heterocycles. The van der Waals surface area contributed by atoms with Crippen molar-refractivity contribution >= 4 is 27.0 Å². The first-order valence-corrected chi connectivity index (χ1v) is 6.27. The molecule has 5 heteroatoms. The molecule has 0 saturated carbocycles. The standard InChI is InChI=1S/C13H10BrN3O/c14-9-2-1-3-10-12(9)18-13(17-10)11-5-4-8(6-15)7-16-11/h1-5,7H,6,15H2. The summed E-state index contributed by atoms with van der Waals surface area (Å²) in [5.41, 5.74) is 8.76. The quantitative estimate of drug-likeness (QED) is 0.790. The molecule has 0 fully saturated rings. The maximum atomic E-state index is 5.71. The molecule has 0 spiro atoms. The summed E-state index contributed by atoms with van der Waals surface area (Å²) >= 11 is 3.43. The molecule has 2 N–H and O–H groups in total. The van der Waals surface area contributed by atoms with Gasteiger partial charge in [0.2, 0.25) is 5.89 Å². The van der Waals surface area contributed by atoms with E-state index in [2.05, 4.69) is 25.9 Å². The normalized spacial score (nSPS) is 11.0. The highest BCUT2D eigenvalue weighted by molar-refractivity contribution is 9.10. The largest absolute Gasteiger partial charge is 0.433 e. The highest BCUT2D eigenvalue weighted by atomic mass is 79.9. The summed E-state index contributed by atoms with van der Waals surface area (Å²) in [6.45, 7) is 0.479. The Labute approximate surface area is 112 Å². The summed E-state index contributed by atoms with van der Waals surface area (Å²) in [7, 11) is 0. The zero-order chi connectivity index (χ0) is 12.5. The van der Waals surface area contributed by atoms with Gasteiger partial charge in [0.15, 0.2) is 5.58 Å². The molecule has 0 atom stereocenters. The van der Waals surface area contributed by atoms with Gasteiger partial charge in [0.05, 0.1) is 4.47 Å². The molecule has 3 rings (SSSR count). The van der Waals surface area contributed by atoms with Crippen LogP contribution in [0.4, 0.5) is 0 Å². The topological polar surface area (TPSA) is 64.9 Å². The molecule has 90 valence electrons. The van der Waals surface area contributed by atoms with E-state index < -0.39 is 0 Å². The molecular weight excluding hydrogens is 294 g/mol. The average molecular weight is 304 g/mol. The molecule has 2 heterocycles. The van der Waals surface area contributed by atoms with E-state index in [4.69, 9.17) is 10.2 Å². The summed E-state index contributed by atoms with van der Waals surface area (Å²) in [5, 5.41) is 0. The van der Waals surface area contributed by atoms with Gasteiger partial charge in [0.1, 0.15) is 11.2 Å². The van der Waals surface area contributed by atoms with E-state index in [1.165, 1.54) is 0 Å². The molecule has 1 aromatic carbocycles. The molecule has 0 amide bonds. The fourth-order valence-electron chi connectivity index (χ4n) is 1.70. The molecular formula is C13H10BrN3O. The number of fused-ring (bicyclic) bond motifs is 1. The van der Waals surface area contributed by atoms with E-state index >= 15 is 0 Å². The number of para-hydroxylation sites is 1. The van der Waals surface area contributed by atoms with Crippen molar-refractivity contribution in [3.05, 3.63) is 46.6 Å². The molecule has 0 aliphatic carbocycles. The average Bonchev–Trinajstić information content (AvgIpc) is 2.84. The lowest BCUT2D eigenvalue weighted by Crippen LogP contribution is -1.96. The number of rotatable bonds is 2. The zero-order valence-corrected chi connectivity index (χ0v) is 11.0. The molecule has 0 unspecified atom stereocenters. The Morgan fingerprint density at radius 2 is 2.11 bits per heavy atom. The number of pyridine rings is 1. The fourth-order valence-corrected chi connectivity index (χ4v) is 2.13. The van der Waals surface area contributed by atoms with Gasteiger partial charge in [-0.05, 0) is 39.7 Å². The minimum absolute atomic E-state index is 0.479. The number of oxazole rings is 1. The molecule has 0 radical (unpaired) electrons.